The third kappa shape index (κ3) is 6.00. The summed E-state index contributed by atoms with van der Waals surface area (Å²) in [4.78, 5) is 13.0. The Hall–Kier alpha value is -0.540. The van der Waals surface area contributed by atoms with Crippen LogP contribution in [0.2, 0.25) is 0 Å². The second kappa shape index (κ2) is 7.83. The first-order chi connectivity index (χ1) is 6.61. The Morgan fingerprint density at radius 1 is 1.57 bits per heavy atom. The van der Waals surface area contributed by atoms with Gasteiger partial charge in [0.2, 0.25) is 5.91 Å². The van der Waals surface area contributed by atoms with E-state index in [0.29, 0.717) is 18.5 Å². The van der Waals surface area contributed by atoms with E-state index in [0.717, 1.165) is 12.8 Å². The predicted octanol–water partition coefficient (Wildman–Crippen LogP) is 1.24. The zero-order chi connectivity index (χ0) is 11.0. The average Bonchev–Trinajstić information content (AvgIpc) is 2.16. The van der Waals surface area contributed by atoms with Crippen LogP contribution >= 0.6 is 11.6 Å². The predicted molar refractivity (Wildman–Crippen MR) is 60.6 cm³/mol. The fraction of sp³-hybridized carbons (Fsp3) is 0.700. The molecule has 0 aliphatic carbocycles. The summed E-state index contributed by atoms with van der Waals surface area (Å²) in [5, 5.41) is 2.75. The molecule has 0 aliphatic rings. The van der Waals surface area contributed by atoms with Crippen LogP contribution < -0.4 is 5.32 Å². The van der Waals surface area contributed by atoms with Crippen molar-refractivity contribution in [3.63, 3.8) is 0 Å². The number of amides is 1. The molecular formula is C10H19ClN2O. The van der Waals surface area contributed by atoms with Gasteiger partial charge in [-0.25, -0.2) is 0 Å². The van der Waals surface area contributed by atoms with Crippen molar-refractivity contribution in [3.8, 4) is 0 Å². The van der Waals surface area contributed by atoms with Crippen LogP contribution in [0.1, 0.15) is 12.8 Å². The maximum Gasteiger partial charge on any atom is 0.243 e. The van der Waals surface area contributed by atoms with Gasteiger partial charge in [-0.3, -0.25) is 4.79 Å². The Morgan fingerprint density at radius 3 is 2.64 bits per heavy atom. The number of hydrogen-bond acceptors (Lipinski definition) is 2. The minimum Gasteiger partial charge on any atom is -0.353 e. The molecule has 0 aromatic carbocycles. The van der Waals surface area contributed by atoms with Gasteiger partial charge in [0.25, 0.3) is 0 Å². The number of halogens is 1. The lowest BCUT2D eigenvalue weighted by molar-refractivity contribution is -0.116. The van der Waals surface area contributed by atoms with E-state index in [2.05, 4.69) is 16.8 Å². The number of alkyl halides is 1. The van der Waals surface area contributed by atoms with Crippen molar-refractivity contribution in [1.82, 2.24) is 10.2 Å². The second-order valence-corrected chi connectivity index (χ2v) is 3.76. The molecule has 0 radical (unpaired) electrons. The summed E-state index contributed by atoms with van der Waals surface area (Å²) < 4.78 is 0. The summed E-state index contributed by atoms with van der Waals surface area (Å²) in [6, 6.07) is 0.428. The number of carbonyl (C=O) groups is 1. The standard InChI is InChI=1S/C10H19ClN2O/c1-4-10(14)12-8-6-9(5-7-11)13(2)3/h4,9H,1,5-8H2,2-3H3,(H,12,14). The highest BCUT2D eigenvalue weighted by Crippen LogP contribution is 2.05. The van der Waals surface area contributed by atoms with Gasteiger partial charge in [0.05, 0.1) is 0 Å². The van der Waals surface area contributed by atoms with Crippen LogP contribution in [0.5, 0.6) is 0 Å². The van der Waals surface area contributed by atoms with E-state index < -0.39 is 0 Å². The van der Waals surface area contributed by atoms with E-state index in [-0.39, 0.29) is 5.91 Å². The SMILES string of the molecule is C=CC(=O)NCCC(CCCl)N(C)C. The molecule has 1 atom stereocenters. The largest absolute Gasteiger partial charge is 0.353 e. The van der Waals surface area contributed by atoms with Crippen molar-refractivity contribution in [2.45, 2.75) is 18.9 Å². The highest BCUT2D eigenvalue weighted by atomic mass is 35.5. The van der Waals surface area contributed by atoms with Crippen molar-refractivity contribution in [2.24, 2.45) is 0 Å². The quantitative estimate of drug-likeness (QED) is 0.515. The van der Waals surface area contributed by atoms with E-state index in [4.69, 9.17) is 11.6 Å². The molecule has 0 saturated carbocycles. The smallest absolute Gasteiger partial charge is 0.243 e. The third-order valence-corrected chi connectivity index (χ3v) is 2.35. The molecule has 0 bridgehead atoms. The van der Waals surface area contributed by atoms with Gasteiger partial charge in [-0.1, -0.05) is 6.58 Å². The van der Waals surface area contributed by atoms with Crippen LogP contribution in [0, 0.1) is 0 Å². The number of hydrogen-bond donors (Lipinski definition) is 1. The van der Waals surface area contributed by atoms with Crippen LogP contribution in [-0.4, -0.2) is 43.4 Å². The molecular weight excluding hydrogens is 200 g/mol. The third-order valence-electron chi connectivity index (χ3n) is 2.13. The van der Waals surface area contributed by atoms with Crippen molar-refractivity contribution in [2.75, 3.05) is 26.5 Å². The highest BCUT2D eigenvalue weighted by molar-refractivity contribution is 6.17. The van der Waals surface area contributed by atoms with Crippen molar-refractivity contribution in [1.29, 1.82) is 0 Å². The molecule has 0 aromatic heterocycles. The van der Waals surface area contributed by atoms with Crippen LogP contribution in [0.4, 0.5) is 0 Å². The first-order valence-electron chi connectivity index (χ1n) is 4.74. The number of carbonyl (C=O) groups excluding carboxylic acids is 1. The minimum atomic E-state index is -0.117. The molecule has 3 nitrogen and oxygen atoms in total. The summed E-state index contributed by atoms with van der Waals surface area (Å²) in [5.74, 6) is 0.534. The average molecular weight is 219 g/mol. The minimum absolute atomic E-state index is 0.117. The molecule has 4 heteroatoms. The van der Waals surface area contributed by atoms with Crippen LogP contribution in [0.25, 0.3) is 0 Å². The molecule has 0 fully saturated rings. The molecule has 82 valence electrons. The molecule has 0 spiro atoms. The molecule has 0 aromatic rings. The van der Waals surface area contributed by atoms with E-state index in [1.165, 1.54) is 6.08 Å². The summed E-state index contributed by atoms with van der Waals surface area (Å²) in [5.41, 5.74) is 0. The summed E-state index contributed by atoms with van der Waals surface area (Å²) >= 11 is 5.68. The van der Waals surface area contributed by atoms with Gasteiger partial charge >= 0.3 is 0 Å². The molecule has 1 unspecified atom stereocenters. The fourth-order valence-corrected chi connectivity index (χ4v) is 1.47. The van der Waals surface area contributed by atoms with E-state index in [1.54, 1.807) is 0 Å². The number of nitrogens with zero attached hydrogens (tertiary/aromatic N) is 1. The monoisotopic (exact) mass is 218 g/mol. The molecule has 0 heterocycles. The van der Waals surface area contributed by atoms with Crippen LogP contribution in [0.3, 0.4) is 0 Å². The van der Waals surface area contributed by atoms with Crippen LogP contribution in [-0.2, 0) is 4.79 Å². The first-order valence-corrected chi connectivity index (χ1v) is 5.28. The first kappa shape index (κ1) is 13.5. The molecule has 14 heavy (non-hydrogen) atoms. The Kier molecular flexibility index (Phi) is 7.52. The molecule has 1 N–H and O–H groups in total. The van der Waals surface area contributed by atoms with Gasteiger partial charge < -0.3 is 10.2 Å². The Labute approximate surface area is 91.1 Å². The normalized spacial score (nSPS) is 12.6. The summed E-state index contributed by atoms with van der Waals surface area (Å²) in [7, 11) is 4.04. The number of rotatable bonds is 7. The van der Waals surface area contributed by atoms with E-state index in [1.807, 2.05) is 14.1 Å². The molecule has 1 amide bonds. The second-order valence-electron chi connectivity index (χ2n) is 3.38. The number of nitrogens with one attached hydrogen (secondary N) is 1. The zero-order valence-corrected chi connectivity index (χ0v) is 9.68. The van der Waals surface area contributed by atoms with Crippen molar-refractivity contribution in [3.05, 3.63) is 12.7 Å². The lowest BCUT2D eigenvalue weighted by atomic mass is 10.1. The van der Waals surface area contributed by atoms with E-state index in [9.17, 15) is 4.79 Å². The topological polar surface area (TPSA) is 32.3 Å². The van der Waals surface area contributed by atoms with Gasteiger partial charge in [0.1, 0.15) is 0 Å². The Morgan fingerprint density at radius 2 is 2.21 bits per heavy atom. The summed E-state index contributed by atoms with van der Waals surface area (Å²) in [6.45, 7) is 4.06. The van der Waals surface area contributed by atoms with Gasteiger partial charge in [-0.05, 0) is 33.0 Å². The van der Waals surface area contributed by atoms with E-state index >= 15 is 0 Å². The van der Waals surface area contributed by atoms with Gasteiger partial charge in [-0.2, -0.15) is 0 Å². The van der Waals surface area contributed by atoms with Gasteiger partial charge in [0, 0.05) is 18.5 Å². The van der Waals surface area contributed by atoms with Gasteiger partial charge in [-0.15, -0.1) is 11.6 Å². The maximum atomic E-state index is 10.9. The lowest BCUT2D eigenvalue weighted by Crippen LogP contribution is -2.33. The molecule has 0 rings (SSSR count). The maximum absolute atomic E-state index is 10.9. The van der Waals surface area contributed by atoms with Gasteiger partial charge in [0.15, 0.2) is 0 Å². The van der Waals surface area contributed by atoms with Crippen molar-refractivity contribution < 1.29 is 4.79 Å². The van der Waals surface area contributed by atoms with Crippen LogP contribution in [0.15, 0.2) is 12.7 Å². The summed E-state index contributed by atoms with van der Waals surface area (Å²) in [6.07, 6.45) is 3.14. The molecule has 0 aliphatic heterocycles. The highest BCUT2D eigenvalue weighted by Gasteiger charge is 2.10. The zero-order valence-electron chi connectivity index (χ0n) is 8.92. The molecule has 0 saturated heterocycles. The Bertz CT molecular complexity index is 183. The lowest BCUT2D eigenvalue weighted by Gasteiger charge is -2.23. The van der Waals surface area contributed by atoms with Crippen molar-refractivity contribution >= 4 is 17.5 Å². The fourth-order valence-electron chi connectivity index (χ4n) is 1.22. The Balaban J connectivity index is 3.70.